The van der Waals surface area contributed by atoms with E-state index in [0.29, 0.717) is 25.7 Å². The van der Waals surface area contributed by atoms with Crippen LogP contribution in [0.4, 0.5) is 0 Å². The molecule has 2 saturated carbocycles. The van der Waals surface area contributed by atoms with E-state index in [1.807, 2.05) is 13.8 Å². The van der Waals surface area contributed by atoms with Crippen LogP contribution in [0.15, 0.2) is 11.6 Å². The van der Waals surface area contributed by atoms with Crippen LogP contribution < -0.4 is 0 Å². The molecule has 0 aromatic heterocycles. The molecule has 192 valence electrons. The number of fused-ring (bicyclic) bond motifs is 1. The topological polar surface area (TPSA) is 140 Å². The van der Waals surface area contributed by atoms with Gasteiger partial charge >= 0.3 is 0 Å². The number of rotatable bonds is 6. The summed E-state index contributed by atoms with van der Waals surface area (Å²) in [6.45, 7) is 9.97. The fourth-order valence-electron chi connectivity index (χ4n) is 7.47. The first kappa shape index (κ1) is 27.0. The van der Waals surface area contributed by atoms with E-state index in [0.717, 1.165) is 12.0 Å². The SMILES string of the molecule is C/C(=C\CO)CC[C@@H]1[C@@]2(C)C[C@@H](O)CC(C)(C)[C@H]2[C@@H](O[C@H]2OC[C@@H](O)[C@H](O)[C@@H]2O)C[C@@]1(C)O. The van der Waals surface area contributed by atoms with Gasteiger partial charge in [0.05, 0.1) is 31.0 Å². The van der Waals surface area contributed by atoms with Crippen LogP contribution in [0, 0.1) is 22.7 Å². The van der Waals surface area contributed by atoms with Crippen molar-refractivity contribution in [2.45, 2.75) is 109 Å². The zero-order valence-electron chi connectivity index (χ0n) is 20.6. The quantitative estimate of drug-likeness (QED) is 0.316. The molecule has 10 atom stereocenters. The third-order valence-corrected chi connectivity index (χ3v) is 8.55. The molecule has 0 radical (unpaired) electrons. The molecule has 8 heteroatoms. The van der Waals surface area contributed by atoms with Gasteiger partial charge in [-0.1, -0.05) is 32.4 Å². The highest BCUT2D eigenvalue weighted by Gasteiger charge is 2.63. The van der Waals surface area contributed by atoms with Crippen LogP contribution >= 0.6 is 0 Å². The molecule has 1 heterocycles. The Kier molecular flexibility index (Phi) is 8.04. The molecule has 0 spiro atoms. The van der Waals surface area contributed by atoms with Crippen LogP contribution in [-0.2, 0) is 9.47 Å². The van der Waals surface area contributed by atoms with Crippen molar-refractivity contribution in [2.75, 3.05) is 13.2 Å². The molecule has 0 amide bonds. The first-order chi connectivity index (χ1) is 15.2. The average Bonchev–Trinajstić information content (AvgIpc) is 2.65. The monoisotopic (exact) mass is 472 g/mol. The minimum Gasteiger partial charge on any atom is -0.393 e. The second kappa shape index (κ2) is 9.82. The zero-order valence-corrected chi connectivity index (χ0v) is 20.6. The number of allylic oxidation sites excluding steroid dienone is 1. The zero-order chi connectivity index (χ0) is 24.8. The lowest BCUT2D eigenvalue weighted by molar-refractivity contribution is -0.319. The Morgan fingerprint density at radius 3 is 2.33 bits per heavy atom. The van der Waals surface area contributed by atoms with E-state index in [-0.39, 0.29) is 30.5 Å². The number of hydrogen-bond donors (Lipinski definition) is 6. The highest BCUT2D eigenvalue weighted by molar-refractivity contribution is 5.13. The fraction of sp³-hybridized carbons (Fsp3) is 0.920. The second-order valence-corrected chi connectivity index (χ2v) is 11.8. The number of ether oxygens (including phenoxy) is 2. The van der Waals surface area contributed by atoms with Gasteiger partial charge in [0.25, 0.3) is 0 Å². The second-order valence-electron chi connectivity index (χ2n) is 11.8. The summed E-state index contributed by atoms with van der Waals surface area (Å²) in [5, 5.41) is 62.1. The van der Waals surface area contributed by atoms with E-state index in [2.05, 4.69) is 20.8 Å². The third-order valence-electron chi connectivity index (χ3n) is 8.55. The van der Waals surface area contributed by atoms with Crippen LogP contribution in [0.25, 0.3) is 0 Å². The van der Waals surface area contributed by atoms with Gasteiger partial charge < -0.3 is 40.1 Å². The summed E-state index contributed by atoms with van der Waals surface area (Å²) in [7, 11) is 0. The van der Waals surface area contributed by atoms with E-state index >= 15 is 0 Å². The minimum absolute atomic E-state index is 0.0152. The molecule has 0 aromatic carbocycles. The molecule has 0 aromatic rings. The normalized spacial score (nSPS) is 48.4. The largest absolute Gasteiger partial charge is 0.393 e. The Morgan fingerprint density at radius 1 is 1.03 bits per heavy atom. The molecule has 3 aliphatic rings. The highest BCUT2D eigenvalue weighted by Crippen LogP contribution is 2.63. The predicted octanol–water partition coefficient (Wildman–Crippen LogP) is 1.10. The summed E-state index contributed by atoms with van der Waals surface area (Å²) < 4.78 is 11.8. The first-order valence-corrected chi connectivity index (χ1v) is 12.2. The van der Waals surface area contributed by atoms with Crippen molar-refractivity contribution in [2.24, 2.45) is 22.7 Å². The predicted molar refractivity (Wildman–Crippen MR) is 122 cm³/mol. The fourth-order valence-corrected chi connectivity index (χ4v) is 7.47. The number of hydrogen-bond acceptors (Lipinski definition) is 8. The molecule has 8 nitrogen and oxygen atoms in total. The molecular weight excluding hydrogens is 428 g/mol. The molecule has 0 bridgehead atoms. The van der Waals surface area contributed by atoms with Crippen molar-refractivity contribution >= 4 is 0 Å². The van der Waals surface area contributed by atoms with Gasteiger partial charge in [0, 0.05) is 6.42 Å². The van der Waals surface area contributed by atoms with Gasteiger partial charge in [0.15, 0.2) is 6.29 Å². The molecule has 1 saturated heterocycles. The summed E-state index contributed by atoms with van der Waals surface area (Å²) in [5.41, 5.74) is -0.793. The van der Waals surface area contributed by atoms with Crippen LogP contribution in [0.1, 0.15) is 66.7 Å². The number of aliphatic hydroxyl groups is 6. The van der Waals surface area contributed by atoms with Gasteiger partial charge in [-0.05, 0) is 62.2 Å². The van der Waals surface area contributed by atoms with Crippen LogP contribution in [0.5, 0.6) is 0 Å². The smallest absolute Gasteiger partial charge is 0.186 e. The maximum atomic E-state index is 11.7. The van der Waals surface area contributed by atoms with Crippen molar-refractivity contribution in [1.82, 2.24) is 0 Å². The molecule has 3 fully saturated rings. The summed E-state index contributed by atoms with van der Waals surface area (Å²) in [6.07, 6.45) is -1.34. The molecular formula is C25H44O8. The van der Waals surface area contributed by atoms with Gasteiger partial charge in [-0.15, -0.1) is 0 Å². The summed E-state index contributed by atoms with van der Waals surface area (Å²) >= 11 is 0. The van der Waals surface area contributed by atoms with E-state index < -0.39 is 47.8 Å². The van der Waals surface area contributed by atoms with Crippen molar-refractivity contribution in [3.8, 4) is 0 Å². The van der Waals surface area contributed by atoms with Crippen LogP contribution in [0.2, 0.25) is 0 Å². The Labute approximate surface area is 197 Å². The van der Waals surface area contributed by atoms with Gasteiger partial charge in [-0.2, -0.15) is 0 Å². The minimum atomic E-state index is -1.40. The van der Waals surface area contributed by atoms with E-state index in [4.69, 9.17) is 9.47 Å². The van der Waals surface area contributed by atoms with Crippen LogP contribution in [-0.4, -0.2) is 86.3 Å². The van der Waals surface area contributed by atoms with E-state index in [1.54, 1.807) is 6.08 Å². The Morgan fingerprint density at radius 2 is 1.70 bits per heavy atom. The van der Waals surface area contributed by atoms with Crippen molar-refractivity contribution in [3.05, 3.63) is 11.6 Å². The third kappa shape index (κ3) is 5.33. The highest BCUT2D eigenvalue weighted by atomic mass is 16.7. The summed E-state index contributed by atoms with van der Waals surface area (Å²) in [6, 6.07) is 0. The lowest BCUT2D eigenvalue weighted by atomic mass is 9.43. The Hall–Kier alpha value is -0.580. The van der Waals surface area contributed by atoms with Crippen LogP contribution in [0.3, 0.4) is 0 Å². The van der Waals surface area contributed by atoms with Crippen molar-refractivity contribution < 1.29 is 40.1 Å². The standard InChI is InChI=1S/C25H44O8/c1-14(8-9-26)6-7-18-24(4)11-15(27)10-23(2,3)21(24)17(12-25(18,5)31)33-22-20(30)19(29)16(28)13-32-22/h8,15-22,26-31H,6-7,9-13H2,1-5H3/b14-8+/t15-,16+,17-,18+,19-,20-,21+,22+,24+,25+/m0/s1. The molecule has 33 heavy (non-hydrogen) atoms. The van der Waals surface area contributed by atoms with Gasteiger partial charge in [-0.25, -0.2) is 0 Å². The maximum Gasteiger partial charge on any atom is 0.186 e. The molecule has 2 aliphatic carbocycles. The maximum absolute atomic E-state index is 11.7. The lowest BCUT2D eigenvalue weighted by Gasteiger charge is -2.64. The van der Waals surface area contributed by atoms with Gasteiger partial charge in [0.2, 0.25) is 0 Å². The summed E-state index contributed by atoms with van der Waals surface area (Å²) in [4.78, 5) is 0. The van der Waals surface area contributed by atoms with Gasteiger partial charge in [0.1, 0.15) is 18.3 Å². The van der Waals surface area contributed by atoms with E-state index in [1.165, 1.54) is 0 Å². The molecule has 0 unspecified atom stereocenters. The first-order valence-electron chi connectivity index (χ1n) is 12.2. The summed E-state index contributed by atoms with van der Waals surface area (Å²) in [5.74, 6) is -0.156. The lowest BCUT2D eigenvalue weighted by Crippen LogP contribution is -2.66. The Bertz CT molecular complexity index is 707. The van der Waals surface area contributed by atoms with Crippen molar-refractivity contribution in [1.29, 1.82) is 0 Å². The van der Waals surface area contributed by atoms with Crippen molar-refractivity contribution in [3.63, 3.8) is 0 Å². The molecule has 1 aliphatic heterocycles. The molecule has 3 rings (SSSR count). The Balaban J connectivity index is 1.93. The number of aliphatic hydroxyl groups excluding tert-OH is 5. The van der Waals surface area contributed by atoms with E-state index in [9.17, 15) is 30.6 Å². The average molecular weight is 473 g/mol. The van der Waals surface area contributed by atoms with Gasteiger partial charge in [-0.3, -0.25) is 0 Å². The molecule has 6 N–H and O–H groups in total.